The first-order valence-electron chi connectivity index (χ1n) is 8.17. The highest BCUT2D eigenvalue weighted by atomic mass is 31.2. The number of esters is 1. The van der Waals surface area contributed by atoms with E-state index in [4.69, 9.17) is 13.8 Å². The van der Waals surface area contributed by atoms with E-state index < -0.39 is 24.5 Å². The molecule has 24 heavy (non-hydrogen) atoms. The van der Waals surface area contributed by atoms with Gasteiger partial charge in [-0.2, -0.15) is 0 Å². The van der Waals surface area contributed by atoms with Crippen LogP contribution in [0.2, 0.25) is 0 Å². The molecule has 0 saturated heterocycles. The zero-order valence-electron chi connectivity index (χ0n) is 14.2. The summed E-state index contributed by atoms with van der Waals surface area (Å²) in [4.78, 5) is 25.7. The van der Waals surface area contributed by atoms with Gasteiger partial charge in [-0.25, -0.2) is 4.79 Å². The zero-order chi connectivity index (χ0) is 17.8. The molecular formula is C17H23O6P. The molecule has 1 heterocycles. The van der Waals surface area contributed by atoms with Crippen molar-refractivity contribution in [1.29, 1.82) is 0 Å². The van der Waals surface area contributed by atoms with Crippen LogP contribution in [0.3, 0.4) is 0 Å². The Morgan fingerprint density at radius 2 is 1.83 bits per heavy atom. The molecule has 0 radical (unpaired) electrons. The number of ether oxygens (including phenoxy) is 1. The fourth-order valence-corrected chi connectivity index (χ4v) is 5.13. The molecule has 7 heteroatoms. The second kappa shape index (κ2) is 7.60. The number of benzene rings is 1. The van der Waals surface area contributed by atoms with Crippen molar-refractivity contribution < 1.29 is 27.9 Å². The van der Waals surface area contributed by atoms with Crippen molar-refractivity contribution in [3.05, 3.63) is 29.8 Å². The third kappa shape index (κ3) is 3.06. The first-order valence-corrected chi connectivity index (χ1v) is 9.72. The summed E-state index contributed by atoms with van der Waals surface area (Å²) in [6.45, 7) is 5.23. The molecule has 1 unspecified atom stereocenters. The number of para-hydroxylation sites is 1. The van der Waals surface area contributed by atoms with Crippen LogP contribution in [-0.4, -0.2) is 30.1 Å². The highest BCUT2D eigenvalue weighted by Gasteiger charge is 2.64. The van der Waals surface area contributed by atoms with Crippen LogP contribution in [0, 0.1) is 0 Å². The fraction of sp³-hybridized carbons (Fsp3) is 0.529. The van der Waals surface area contributed by atoms with Gasteiger partial charge in [0, 0.05) is 12.8 Å². The molecule has 0 aromatic heterocycles. The number of fused-ring (bicyclic) bond motifs is 1. The molecule has 1 atom stereocenters. The molecule has 0 N–H and O–H groups in total. The van der Waals surface area contributed by atoms with Crippen LogP contribution in [-0.2, 0) is 29.6 Å². The van der Waals surface area contributed by atoms with E-state index in [9.17, 15) is 14.2 Å². The average Bonchev–Trinajstić information content (AvgIpc) is 2.54. The number of carbonyl (C=O) groups is 2. The van der Waals surface area contributed by atoms with Gasteiger partial charge >= 0.3 is 13.6 Å². The average molecular weight is 354 g/mol. The summed E-state index contributed by atoms with van der Waals surface area (Å²) < 4.78 is 29.6. The van der Waals surface area contributed by atoms with Gasteiger partial charge in [-0.15, -0.1) is 0 Å². The van der Waals surface area contributed by atoms with Gasteiger partial charge in [-0.1, -0.05) is 25.1 Å². The maximum absolute atomic E-state index is 13.5. The molecule has 0 spiro atoms. The van der Waals surface area contributed by atoms with Crippen molar-refractivity contribution in [1.82, 2.24) is 0 Å². The number of hydrogen-bond acceptors (Lipinski definition) is 6. The molecule has 0 amide bonds. The predicted molar refractivity (Wildman–Crippen MR) is 89.3 cm³/mol. The highest BCUT2D eigenvalue weighted by Crippen LogP contribution is 2.63. The maximum atomic E-state index is 13.5. The van der Waals surface area contributed by atoms with Crippen LogP contribution in [0.5, 0.6) is 5.75 Å². The van der Waals surface area contributed by atoms with Crippen molar-refractivity contribution in [3.63, 3.8) is 0 Å². The van der Waals surface area contributed by atoms with Gasteiger partial charge in [-0.3, -0.25) is 9.36 Å². The van der Waals surface area contributed by atoms with Gasteiger partial charge in [0.05, 0.1) is 13.2 Å². The van der Waals surface area contributed by atoms with Crippen LogP contribution in [0.1, 0.15) is 39.2 Å². The van der Waals surface area contributed by atoms with E-state index in [1.165, 1.54) is 0 Å². The molecule has 0 fully saturated rings. The van der Waals surface area contributed by atoms with Crippen LogP contribution < -0.4 is 4.74 Å². The third-order valence-electron chi connectivity index (χ3n) is 3.96. The molecule has 0 saturated carbocycles. The van der Waals surface area contributed by atoms with Crippen molar-refractivity contribution in [2.24, 2.45) is 0 Å². The molecule has 0 bridgehead atoms. The summed E-state index contributed by atoms with van der Waals surface area (Å²) in [6.07, 6.45) is 0.577. The Morgan fingerprint density at radius 1 is 1.21 bits per heavy atom. The third-order valence-corrected chi connectivity index (χ3v) is 6.68. The lowest BCUT2D eigenvalue weighted by Gasteiger charge is -2.38. The second-order valence-corrected chi connectivity index (χ2v) is 7.82. The summed E-state index contributed by atoms with van der Waals surface area (Å²) in [5, 5.41) is -1.94. The van der Waals surface area contributed by atoms with E-state index in [1.54, 1.807) is 38.1 Å². The number of hydrogen-bond donors (Lipinski definition) is 0. The van der Waals surface area contributed by atoms with E-state index >= 15 is 0 Å². The largest absolute Gasteiger partial charge is 0.425 e. The standard InChI is InChI=1S/C17H23O6P/c1-4-9-15(18)17(24(20,21-5-2)22-6-3)12-13-10-7-8-11-14(13)23-16(17)19/h7-8,10-11H,4-6,9,12H2,1-3H3. The van der Waals surface area contributed by atoms with Gasteiger partial charge in [0.15, 0.2) is 5.78 Å². The van der Waals surface area contributed by atoms with Crippen molar-refractivity contribution in [2.75, 3.05) is 13.2 Å². The zero-order valence-corrected chi connectivity index (χ0v) is 15.1. The van der Waals surface area contributed by atoms with E-state index in [0.717, 1.165) is 0 Å². The topological polar surface area (TPSA) is 78.9 Å². The Labute approximate surface area is 142 Å². The minimum Gasteiger partial charge on any atom is -0.425 e. The Hall–Kier alpha value is -1.49. The smallest absolute Gasteiger partial charge is 0.355 e. The normalized spacial score (nSPS) is 20.4. The number of carbonyl (C=O) groups excluding carboxylic acids is 2. The molecule has 0 aliphatic carbocycles. The van der Waals surface area contributed by atoms with E-state index in [2.05, 4.69) is 0 Å². The van der Waals surface area contributed by atoms with E-state index in [0.29, 0.717) is 17.7 Å². The molecule has 2 rings (SSSR count). The van der Waals surface area contributed by atoms with Crippen LogP contribution in [0.25, 0.3) is 0 Å². The van der Waals surface area contributed by atoms with Crippen LogP contribution in [0.4, 0.5) is 0 Å². The molecule has 1 aliphatic heterocycles. The maximum Gasteiger partial charge on any atom is 0.355 e. The van der Waals surface area contributed by atoms with Gasteiger partial charge in [0.25, 0.3) is 0 Å². The molecule has 132 valence electrons. The summed E-state index contributed by atoms with van der Waals surface area (Å²) in [6, 6.07) is 6.91. The lowest BCUT2D eigenvalue weighted by atomic mass is 9.89. The summed E-state index contributed by atoms with van der Waals surface area (Å²) in [5.74, 6) is -0.943. The number of Topliss-reactive ketones (excluding diaryl/α,β-unsaturated/α-hetero) is 1. The number of rotatable bonds is 8. The monoisotopic (exact) mass is 354 g/mol. The lowest BCUT2D eigenvalue weighted by Crippen LogP contribution is -2.53. The van der Waals surface area contributed by atoms with Crippen molar-refractivity contribution in [2.45, 2.75) is 45.2 Å². The lowest BCUT2D eigenvalue weighted by molar-refractivity contribution is -0.144. The Morgan fingerprint density at radius 3 is 2.42 bits per heavy atom. The summed E-state index contributed by atoms with van der Waals surface area (Å²) >= 11 is 0. The molecule has 1 aromatic carbocycles. The SMILES string of the molecule is CCCC(=O)C1(P(=O)(OCC)OCC)Cc2ccccc2OC1=O. The molecule has 6 nitrogen and oxygen atoms in total. The fourth-order valence-electron chi connectivity index (χ4n) is 2.89. The first-order chi connectivity index (χ1) is 11.4. The minimum absolute atomic E-state index is 0.0435. The molecule has 1 aliphatic rings. The van der Waals surface area contributed by atoms with Gasteiger partial charge < -0.3 is 13.8 Å². The minimum atomic E-state index is -4.05. The van der Waals surface area contributed by atoms with Gasteiger partial charge in [-0.05, 0) is 31.9 Å². The van der Waals surface area contributed by atoms with Crippen molar-refractivity contribution in [3.8, 4) is 5.75 Å². The second-order valence-electron chi connectivity index (χ2n) is 5.54. The highest BCUT2D eigenvalue weighted by molar-refractivity contribution is 7.58. The van der Waals surface area contributed by atoms with Crippen molar-refractivity contribution >= 4 is 19.3 Å². The van der Waals surface area contributed by atoms with E-state index in [-0.39, 0.29) is 26.1 Å². The number of ketones is 1. The Bertz CT molecular complexity index is 661. The first kappa shape index (κ1) is 18.8. The quantitative estimate of drug-likeness (QED) is 0.308. The summed E-state index contributed by atoms with van der Waals surface area (Å²) in [7, 11) is -4.05. The van der Waals surface area contributed by atoms with Gasteiger partial charge in [0.1, 0.15) is 5.75 Å². The summed E-state index contributed by atoms with van der Waals surface area (Å²) in [5.41, 5.74) is 0.640. The van der Waals surface area contributed by atoms with Crippen LogP contribution >= 0.6 is 7.60 Å². The molecular weight excluding hydrogens is 331 g/mol. The Kier molecular flexibility index (Phi) is 5.97. The van der Waals surface area contributed by atoms with E-state index in [1.807, 2.05) is 6.92 Å². The Balaban J connectivity index is 2.62. The van der Waals surface area contributed by atoms with Crippen LogP contribution in [0.15, 0.2) is 24.3 Å². The van der Waals surface area contributed by atoms with Gasteiger partial charge in [0.2, 0.25) is 5.16 Å². The predicted octanol–water partition coefficient (Wildman–Crippen LogP) is 3.52. The molecule has 1 aromatic rings.